The summed E-state index contributed by atoms with van der Waals surface area (Å²) >= 11 is 11.9. The van der Waals surface area contributed by atoms with Gasteiger partial charge in [-0.25, -0.2) is 9.34 Å². The predicted molar refractivity (Wildman–Crippen MR) is 146 cm³/mol. The maximum Gasteiger partial charge on any atom is 0.367 e. The zero-order valence-corrected chi connectivity index (χ0v) is 22.6. The zero-order chi connectivity index (χ0) is 24.1. The highest BCUT2D eigenvalue weighted by Crippen LogP contribution is 2.55. The molecule has 0 saturated carbocycles. The zero-order valence-electron chi connectivity index (χ0n) is 19.2. The van der Waals surface area contributed by atoms with E-state index in [9.17, 15) is 0 Å². The minimum atomic E-state index is -2.92. The van der Waals surface area contributed by atoms with Gasteiger partial charge in [0.25, 0.3) is 0 Å². The summed E-state index contributed by atoms with van der Waals surface area (Å²) in [6, 6.07) is 23.3. The van der Waals surface area contributed by atoms with Crippen molar-refractivity contribution in [3.63, 3.8) is 0 Å². The van der Waals surface area contributed by atoms with Gasteiger partial charge in [0.2, 0.25) is 0 Å². The highest BCUT2D eigenvalue weighted by Gasteiger charge is 2.30. The molecule has 0 N–H and O–H groups in total. The average molecular weight is 531 g/mol. The number of fused-ring (bicyclic) bond motifs is 2. The molecule has 1 heterocycles. The normalized spacial score (nSPS) is 22.3. The van der Waals surface area contributed by atoms with Crippen LogP contribution < -0.4 is 18.1 Å². The van der Waals surface area contributed by atoms with Crippen LogP contribution in [-0.4, -0.2) is 37.5 Å². The van der Waals surface area contributed by atoms with E-state index in [1.165, 1.54) is 0 Å². The molecule has 0 fully saturated rings. The number of hydrogen-bond donors (Lipinski definition) is 0. The third-order valence-electron chi connectivity index (χ3n) is 5.48. The van der Waals surface area contributed by atoms with E-state index < -0.39 is 13.3 Å². The lowest BCUT2D eigenvalue weighted by atomic mass is 10.1. The lowest BCUT2D eigenvalue weighted by Crippen LogP contribution is -2.18. The Morgan fingerprint density at radius 2 is 0.971 bits per heavy atom. The Kier molecular flexibility index (Phi) is 6.09. The van der Waals surface area contributed by atoms with Crippen molar-refractivity contribution in [3.05, 3.63) is 72.8 Å². The summed E-state index contributed by atoms with van der Waals surface area (Å²) in [4.78, 5) is 0. The van der Waals surface area contributed by atoms with E-state index in [-0.39, 0.29) is 0 Å². The quantitative estimate of drug-likeness (QED) is 0.263. The molecule has 0 aromatic heterocycles. The second-order valence-electron chi connectivity index (χ2n) is 8.27. The van der Waals surface area contributed by atoms with E-state index in [1.807, 2.05) is 110 Å². The highest BCUT2D eigenvalue weighted by atomic mass is 32.5. The molecular weight excluding hydrogens is 506 g/mol. The van der Waals surface area contributed by atoms with Crippen LogP contribution in [0.2, 0.25) is 0 Å². The molecule has 0 aliphatic carbocycles. The van der Waals surface area contributed by atoms with E-state index in [1.54, 1.807) is 0 Å². The largest absolute Gasteiger partial charge is 0.424 e. The third kappa shape index (κ3) is 4.31. The topological polar surface area (TPSA) is 43.4 Å². The van der Waals surface area contributed by atoms with Gasteiger partial charge in [0.05, 0.1) is 0 Å². The monoisotopic (exact) mass is 530 g/mol. The van der Waals surface area contributed by atoms with Crippen molar-refractivity contribution in [1.29, 1.82) is 0 Å². The summed E-state index contributed by atoms with van der Waals surface area (Å²) in [5, 5.41) is 3.69. The van der Waals surface area contributed by atoms with Crippen molar-refractivity contribution >= 4 is 58.4 Å². The lowest BCUT2D eigenvalue weighted by Gasteiger charge is -2.31. The Labute approximate surface area is 209 Å². The van der Waals surface area contributed by atoms with Gasteiger partial charge < -0.3 is 18.1 Å². The molecular formula is C24H24N2O4P2S2. The first-order chi connectivity index (χ1) is 16.2. The summed E-state index contributed by atoms with van der Waals surface area (Å²) in [5.74, 6) is 2.44. The molecule has 2 unspecified atom stereocenters. The fourth-order valence-electron chi connectivity index (χ4n) is 3.60. The Bertz CT molecular complexity index is 1400. The number of rotatable bonds is 2. The van der Waals surface area contributed by atoms with Crippen molar-refractivity contribution in [1.82, 2.24) is 9.34 Å². The second-order valence-corrected chi connectivity index (χ2v) is 15.2. The minimum Gasteiger partial charge on any atom is -0.424 e. The fourth-order valence-corrected chi connectivity index (χ4v) is 6.90. The SMILES string of the molecule is CN(C)P1(=S)Oc2ccc3cccc(c3c2)OP(=S)(N(C)C)Oc2ccc3cccc(c3c2)O1. The van der Waals surface area contributed by atoms with Gasteiger partial charge in [0.15, 0.2) is 0 Å². The number of benzene rings is 4. The molecule has 6 nitrogen and oxygen atoms in total. The summed E-state index contributed by atoms with van der Waals surface area (Å²) < 4.78 is 29.3. The van der Waals surface area contributed by atoms with Crippen LogP contribution in [0.25, 0.3) is 21.5 Å². The first kappa shape index (κ1) is 23.6. The van der Waals surface area contributed by atoms with E-state index in [0.29, 0.717) is 23.0 Å². The van der Waals surface area contributed by atoms with Gasteiger partial charge in [0, 0.05) is 34.4 Å². The summed E-state index contributed by atoms with van der Waals surface area (Å²) in [6.45, 7) is -5.83. The van der Waals surface area contributed by atoms with E-state index in [0.717, 1.165) is 21.5 Å². The summed E-state index contributed by atoms with van der Waals surface area (Å²) in [6.07, 6.45) is 0. The van der Waals surface area contributed by atoms with E-state index in [2.05, 4.69) is 0 Å². The second kappa shape index (κ2) is 8.80. The maximum absolute atomic E-state index is 6.46. The molecule has 4 aromatic rings. The molecule has 0 saturated heterocycles. The van der Waals surface area contributed by atoms with Crippen molar-refractivity contribution in [2.45, 2.75) is 0 Å². The Hall–Kier alpha value is -2.18. The smallest absolute Gasteiger partial charge is 0.367 e. The Morgan fingerprint density at radius 1 is 0.559 bits per heavy atom. The molecule has 1 aliphatic rings. The first-order valence-corrected chi connectivity index (χ1v) is 15.7. The summed E-state index contributed by atoms with van der Waals surface area (Å²) in [5.41, 5.74) is 0. The maximum atomic E-state index is 6.46. The molecule has 1 aliphatic heterocycles. The van der Waals surface area contributed by atoms with E-state index in [4.69, 9.17) is 41.7 Å². The highest BCUT2D eigenvalue weighted by molar-refractivity contribution is 8.09. The van der Waals surface area contributed by atoms with Gasteiger partial charge in [-0.1, -0.05) is 36.4 Å². The van der Waals surface area contributed by atoms with Gasteiger partial charge in [-0.15, -0.1) is 0 Å². The number of nitrogens with zero attached hydrogens (tertiary/aromatic N) is 2. The van der Waals surface area contributed by atoms with Crippen molar-refractivity contribution in [2.24, 2.45) is 0 Å². The Balaban J connectivity index is 1.77. The molecule has 4 bridgehead atoms. The fraction of sp³-hybridized carbons (Fsp3) is 0.167. The van der Waals surface area contributed by atoms with Crippen molar-refractivity contribution in [2.75, 3.05) is 28.2 Å². The molecule has 0 amide bonds. The minimum absolute atomic E-state index is 0.595. The lowest BCUT2D eigenvalue weighted by molar-refractivity contribution is 0.413. The van der Waals surface area contributed by atoms with E-state index >= 15 is 0 Å². The van der Waals surface area contributed by atoms with Gasteiger partial charge >= 0.3 is 13.3 Å². The average Bonchev–Trinajstić information content (AvgIpc) is 2.79. The molecule has 4 aromatic carbocycles. The van der Waals surface area contributed by atoms with Gasteiger partial charge in [-0.3, -0.25) is 0 Å². The molecule has 5 rings (SSSR count). The van der Waals surface area contributed by atoms with Crippen LogP contribution in [0.3, 0.4) is 0 Å². The Morgan fingerprint density at radius 3 is 1.35 bits per heavy atom. The molecule has 176 valence electrons. The van der Waals surface area contributed by atoms with Crippen LogP contribution in [0.4, 0.5) is 0 Å². The van der Waals surface area contributed by atoms with Crippen LogP contribution in [0.5, 0.6) is 23.0 Å². The summed E-state index contributed by atoms with van der Waals surface area (Å²) in [7, 11) is 7.47. The van der Waals surface area contributed by atoms with Gasteiger partial charge in [0.1, 0.15) is 23.0 Å². The van der Waals surface area contributed by atoms with Crippen molar-refractivity contribution < 1.29 is 18.1 Å². The standard InChI is InChI=1S/C24H24N2O4P2S2/c1-25(2)31(33)27-19-13-11-18-8-6-10-24(22(18)15-19)30-32(34,26(3)4)28-20-14-12-17-7-5-9-23(29-31)21(17)16-20/h5-16H,1-4H3. The van der Waals surface area contributed by atoms with Crippen LogP contribution in [0.15, 0.2) is 72.8 Å². The predicted octanol–water partition coefficient (Wildman–Crippen LogP) is 6.79. The van der Waals surface area contributed by atoms with Crippen LogP contribution in [0, 0.1) is 0 Å². The van der Waals surface area contributed by atoms with Crippen LogP contribution >= 0.6 is 13.3 Å². The van der Waals surface area contributed by atoms with Crippen LogP contribution in [0.1, 0.15) is 0 Å². The first-order valence-electron chi connectivity index (χ1n) is 10.6. The third-order valence-corrected chi connectivity index (χ3v) is 12.0. The van der Waals surface area contributed by atoms with Gasteiger partial charge in [-0.05, 0) is 75.4 Å². The molecule has 2 atom stereocenters. The number of hydrogen-bond acceptors (Lipinski definition) is 6. The van der Waals surface area contributed by atoms with Gasteiger partial charge in [-0.2, -0.15) is 0 Å². The molecule has 34 heavy (non-hydrogen) atoms. The van der Waals surface area contributed by atoms with Crippen LogP contribution in [-0.2, 0) is 23.6 Å². The molecule has 0 radical (unpaired) electrons. The van der Waals surface area contributed by atoms with Crippen molar-refractivity contribution in [3.8, 4) is 23.0 Å². The molecule has 0 spiro atoms. The molecule has 10 heteroatoms.